The zero-order chi connectivity index (χ0) is 12.5. The lowest BCUT2D eigenvalue weighted by Gasteiger charge is -2.10. The lowest BCUT2D eigenvalue weighted by molar-refractivity contribution is -0.388. The molecule has 0 heterocycles. The van der Waals surface area contributed by atoms with Crippen molar-refractivity contribution in [1.82, 2.24) is 0 Å². The van der Waals surface area contributed by atoms with Crippen LogP contribution in [0.5, 0.6) is 0 Å². The molecule has 0 aliphatic rings. The molecule has 0 saturated heterocycles. The van der Waals surface area contributed by atoms with Gasteiger partial charge in [0, 0.05) is 11.4 Å². The number of hydrogen-bond donors (Lipinski definition) is 0. The van der Waals surface area contributed by atoms with Crippen LogP contribution in [0.3, 0.4) is 0 Å². The Labute approximate surface area is 97.5 Å². The Kier molecular flexibility index (Phi) is 3.57. The number of nitro groups is 1. The van der Waals surface area contributed by atoms with E-state index in [1.807, 2.05) is 0 Å². The van der Waals surface area contributed by atoms with E-state index < -0.39 is 22.4 Å². The van der Waals surface area contributed by atoms with E-state index in [4.69, 9.17) is 0 Å². The van der Waals surface area contributed by atoms with Gasteiger partial charge in [-0.25, -0.2) is 0 Å². The van der Waals surface area contributed by atoms with Crippen LogP contribution in [0, 0.1) is 17.0 Å². The van der Waals surface area contributed by atoms with Gasteiger partial charge in [0.25, 0.3) is 5.69 Å². The van der Waals surface area contributed by atoms with Gasteiger partial charge in [-0.1, -0.05) is 15.9 Å². The highest BCUT2D eigenvalue weighted by molar-refractivity contribution is 9.08. The second kappa shape index (κ2) is 4.40. The summed E-state index contributed by atoms with van der Waals surface area (Å²) in [7, 11) is 0. The quantitative estimate of drug-likeness (QED) is 0.473. The summed E-state index contributed by atoms with van der Waals surface area (Å²) in [6, 6.07) is 1.75. The van der Waals surface area contributed by atoms with Crippen LogP contribution >= 0.6 is 15.9 Å². The number of nitro benzene ring substituents is 1. The third kappa shape index (κ3) is 2.52. The minimum atomic E-state index is -4.71. The number of halogens is 4. The first-order valence-electron chi connectivity index (χ1n) is 4.18. The Bertz CT molecular complexity index is 431. The average Bonchev–Trinajstić information content (AvgIpc) is 2.15. The number of hydrogen-bond acceptors (Lipinski definition) is 2. The molecule has 88 valence electrons. The van der Waals surface area contributed by atoms with Crippen LogP contribution in [0.15, 0.2) is 12.1 Å². The van der Waals surface area contributed by atoms with Gasteiger partial charge < -0.3 is 0 Å². The molecule has 0 aliphatic carbocycles. The number of aryl methyl sites for hydroxylation is 1. The first kappa shape index (κ1) is 13.0. The molecule has 0 amide bonds. The molecule has 16 heavy (non-hydrogen) atoms. The number of benzene rings is 1. The Morgan fingerprint density at radius 2 is 2.00 bits per heavy atom. The molecule has 7 heteroatoms. The van der Waals surface area contributed by atoms with Crippen molar-refractivity contribution in [2.24, 2.45) is 0 Å². The maximum absolute atomic E-state index is 12.5. The van der Waals surface area contributed by atoms with Gasteiger partial charge in [0.15, 0.2) is 0 Å². The summed E-state index contributed by atoms with van der Waals surface area (Å²) >= 11 is 3.06. The predicted molar refractivity (Wildman–Crippen MR) is 55.5 cm³/mol. The van der Waals surface area contributed by atoms with Gasteiger partial charge >= 0.3 is 6.18 Å². The molecule has 0 saturated carbocycles. The Morgan fingerprint density at radius 3 is 2.38 bits per heavy atom. The van der Waals surface area contributed by atoms with Gasteiger partial charge in [-0.05, 0) is 24.1 Å². The molecule has 1 aromatic carbocycles. The van der Waals surface area contributed by atoms with Crippen LogP contribution in [0.1, 0.15) is 16.7 Å². The zero-order valence-electron chi connectivity index (χ0n) is 8.14. The van der Waals surface area contributed by atoms with Crippen molar-refractivity contribution in [2.75, 3.05) is 0 Å². The minimum Gasteiger partial charge on any atom is -0.258 e. The van der Waals surface area contributed by atoms with E-state index >= 15 is 0 Å². The van der Waals surface area contributed by atoms with Gasteiger partial charge in [-0.15, -0.1) is 0 Å². The third-order valence-corrected chi connectivity index (χ3v) is 2.70. The Hall–Kier alpha value is -1.11. The second-order valence-electron chi connectivity index (χ2n) is 3.18. The fourth-order valence-electron chi connectivity index (χ4n) is 1.26. The molecule has 0 N–H and O–H groups in total. The van der Waals surface area contributed by atoms with Gasteiger partial charge in [0.05, 0.1) is 4.92 Å². The largest absolute Gasteiger partial charge is 0.423 e. The molecular formula is C9H7BrF3NO2. The number of alkyl halides is 4. The normalized spacial score (nSPS) is 11.6. The molecule has 0 aliphatic heterocycles. The van der Waals surface area contributed by atoms with Crippen LogP contribution in [0.4, 0.5) is 18.9 Å². The Morgan fingerprint density at radius 1 is 1.44 bits per heavy atom. The summed E-state index contributed by atoms with van der Waals surface area (Å²) in [6.45, 7) is 1.48. The predicted octanol–water partition coefficient (Wildman–Crippen LogP) is 3.82. The van der Waals surface area contributed by atoms with Crippen molar-refractivity contribution in [3.8, 4) is 0 Å². The molecular weight excluding hydrogens is 291 g/mol. The van der Waals surface area contributed by atoms with Crippen molar-refractivity contribution in [3.05, 3.63) is 38.9 Å². The molecule has 0 unspecified atom stereocenters. The molecule has 0 radical (unpaired) electrons. The van der Waals surface area contributed by atoms with Crippen molar-refractivity contribution in [2.45, 2.75) is 18.4 Å². The fourth-order valence-corrected chi connectivity index (χ4v) is 1.87. The SMILES string of the molecule is Cc1cc(C(F)(F)F)c([N+](=O)[O-])cc1CBr. The number of rotatable bonds is 2. The first-order valence-corrected chi connectivity index (χ1v) is 5.30. The first-order chi connectivity index (χ1) is 7.27. The molecule has 0 spiro atoms. The van der Waals surface area contributed by atoms with Gasteiger partial charge in [0.1, 0.15) is 5.56 Å². The highest BCUT2D eigenvalue weighted by Crippen LogP contribution is 2.37. The molecule has 0 atom stereocenters. The monoisotopic (exact) mass is 297 g/mol. The summed E-state index contributed by atoms with van der Waals surface area (Å²) in [5, 5.41) is 10.8. The van der Waals surface area contributed by atoms with E-state index in [9.17, 15) is 23.3 Å². The lowest BCUT2D eigenvalue weighted by atomic mass is 10.0. The van der Waals surface area contributed by atoms with Crippen molar-refractivity contribution < 1.29 is 18.1 Å². The lowest BCUT2D eigenvalue weighted by Crippen LogP contribution is -2.10. The van der Waals surface area contributed by atoms with Crippen LogP contribution in [0.25, 0.3) is 0 Å². The number of nitrogens with zero attached hydrogens (tertiary/aromatic N) is 1. The van der Waals surface area contributed by atoms with E-state index in [1.165, 1.54) is 6.92 Å². The zero-order valence-corrected chi connectivity index (χ0v) is 9.72. The summed E-state index contributed by atoms with van der Waals surface area (Å²) in [4.78, 5) is 9.52. The standard InChI is InChI=1S/C9H7BrF3NO2/c1-5-2-7(9(11,12)13)8(14(15)16)3-6(5)4-10/h2-3H,4H2,1H3. The highest BCUT2D eigenvalue weighted by atomic mass is 79.9. The maximum atomic E-state index is 12.5. The van der Waals surface area contributed by atoms with E-state index in [-0.39, 0.29) is 5.33 Å². The Balaban J connectivity index is 3.49. The smallest absolute Gasteiger partial charge is 0.258 e. The van der Waals surface area contributed by atoms with Gasteiger partial charge in [-0.2, -0.15) is 13.2 Å². The highest BCUT2D eigenvalue weighted by Gasteiger charge is 2.38. The third-order valence-electron chi connectivity index (χ3n) is 2.10. The summed E-state index contributed by atoms with van der Waals surface area (Å²) < 4.78 is 37.5. The van der Waals surface area contributed by atoms with E-state index in [0.717, 1.165) is 12.1 Å². The fraction of sp³-hybridized carbons (Fsp3) is 0.333. The second-order valence-corrected chi connectivity index (χ2v) is 3.75. The molecule has 1 aromatic rings. The van der Waals surface area contributed by atoms with E-state index in [1.54, 1.807) is 0 Å². The molecule has 3 nitrogen and oxygen atoms in total. The summed E-state index contributed by atoms with van der Waals surface area (Å²) in [6.07, 6.45) is -4.71. The maximum Gasteiger partial charge on any atom is 0.423 e. The van der Waals surface area contributed by atoms with Crippen molar-refractivity contribution >= 4 is 21.6 Å². The molecule has 0 fully saturated rings. The van der Waals surface area contributed by atoms with Crippen LogP contribution in [-0.2, 0) is 11.5 Å². The van der Waals surface area contributed by atoms with E-state index in [0.29, 0.717) is 11.1 Å². The van der Waals surface area contributed by atoms with E-state index in [2.05, 4.69) is 15.9 Å². The van der Waals surface area contributed by atoms with Crippen molar-refractivity contribution in [1.29, 1.82) is 0 Å². The van der Waals surface area contributed by atoms with Crippen LogP contribution < -0.4 is 0 Å². The van der Waals surface area contributed by atoms with Gasteiger partial charge in [-0.3, -0.25) is 10.1 Å². The topological polar surface area (TPSA) is 43.1 Å². The average molecular weight is 298 g/mol. The van der Waals surface area contributed by atoms with Gasteiger partial charge in [0.2, 0.25) is 0 Å². The summed E-state index contributed by atoms with van der Waals surface area (Å²) in [5.74, 6) is 0. The van der Waals surface area contributed by atoms with Crippen LogP contribution in [0.2, 0.25) is 0 Å². The molecule has 1 rings (SSSR count). The molecule has 0 aromatic heterocycles. The summed E-state index contributed by atoms with van der Waals surface area (Å²) in [5.41, 5.74) is -1.28. The van der Waals surface area contributed by atoms with Crippen molar-refractivity contribution in [3.63, 3.8) is 0 Å². The molecule has 0 bridgehead atoms. The minimum absolute atomic E-state index is 0.276. The van der Waals surface area contributed by atoms with Crippen LogP contribution in [-0.4, -0.2) is 4.92 Å².